The minimum absolute atomic E-state index is 0.358. The predicted molar refractivity (Wildman–Crippen MR) is 140 cm³/mol. The maximum Gasteiger partial charge on any atom is 0.337 e. The van der Waals surface area contributed by atoms with Gasteiger partial charge in [0.2, 0.25) is 0 Å². The van der Waals surface area contributed by atoms with E-state index in [9.17, 15) is 9.59 Å². The zero-order chi connectivity index (χ0) is 25.9. The van der Waals surface area contributed by atoms with Crippen molar-refractivity contribution < 1.29 is 19.1 Å². The van der Waals surface area contributed by atoms with Crippen LogP contribution in [0.25, 0.3) is 0 Å². The molecule has 36 heavy (non-hydrogen) atoms. The van der Waals surface area contributed by atoms with Crippen molar-refractivity contribution in [3.05, 3.63) is 93.3 Å². The molecule has 0 aliphatic carbocycles. The summed E-state index contributed by atoms with van der Waals surface area (Å²) in [5.41, 5.74) is 3.36. The van der Waals surface area contributed by atoms with Gasteiger partial charge in [0.1, 0.15) is 5.60 Å². The van der Waals surface area contributed by atoms with Crippen LogP contribution in [0.15, 0.2) is 77.1 Å². The number of dihydropyridines is 1. The van der Waals surface area contributed by atoms with E-state index in [1.807, 2.05) is 57.2 Å². The normalized spacial score (nSPS) is 22.4. The number of hydrogen-bond acceptors (Lipinski definition) is 6. The second-order valence-electron chi connectivity index (χ2n) is 9.64. The van der Waals surface area contributed by atoms with Crippen molar-refractivity contribution in [3.63, 3.8) is 0 Å². The standard InChI is InChI=1S/C29H33ClN2O4/c1-5-23-26(25(21-13-9-10-14-22(21)30)24(19(2)31-23)27(33)35-4)28(34)36-29(3)15-16-32(18-29)17-20-11-7-6-8-12-20/h6-14,25,31H,5,15-18H2,1-4H3/t25-,29+/m0/s1. The van der Waals surface area contributed by atoms with E-state index in [2.05, 4.69) is 22.3 Å². The number of nitrogens with one attached hydrogen (secondary N) is 1. The van der Waals surface area contributed by atoms with Crippen LogP contribution in [0.1, 0.15) is 50.7 Å². The summed E-state index contributed by atoms with van der Waals surface area (Å²) < 4.78 is 11.3. The summed E-state index contributed by atoms with van der Waals surface area (Å²) in [5.74, 6) is -1.64. The number of methoxy groups -OCH3 is 1. The summed E-state index contributed by atoms with van der Waals surface area (Å²) in [6.45, 7) is 8.02. The van der Waals surface area contributed by atoms with Gasteiger partial charge in [-0.25, -0.2) is 9.59 Å². The van der Waals surface area contributed by atoms with E-state index in [0.29, 0.717) is 40.4 Å². The van der Waals surface area contributed by atoms with E-state index >= 15 is 0 Å². The first-order chi connectivity index (χ1) is 17.3. The van der Waals surface area contributed by atoms with E-state index < -0.39 is 23.5 Å². The van der Waals surface area contributed by atoms with Crippen LogP contribution in [0.5, 0.6) is 0 Å². The number of ether oxygens (including phenoxy) is 2. The average Bonchev–Trinajstić information content (AvgIpc) is 3.23. The second kappa shape index (κ2) is 10.9. The molecule has 2 aliphatic rings. The number of esters is 2. The van der Waals surface area contributed by atoms with Crippen LogP contribution in [-0.2, 0) is 25.6 Å². The fourth-order valence-electron chi connectivity index (χ4n) is 5.18. The van der Waals surface area contributed by atoms with Gasteiger partial charge in [-0.15, -0.1) is 0 Å². The van der Waals surface area contributed by atoms with Crippen LogP contribution in [0, 0.1) is 0 Å². The minimum Gasteiger partial charge on any atom is -0.466 e. The highest BCUT2D eigenvalue weighted by Gasteiger charge is 2.43. The zero-order valence-electron chi connectivity index (χ0n) is 21.3. The Labute approximate surface area is 217 Å². The van der Waals surface area contributed by atoms with Crippen molar-refractivity contribution in [1.82, 2.24) is 10.2 Å². The molecule has 0 amide bonds. The van der Waals surface area contributed by atoms with Gasteiger partial charge in [0.25, 0.3) is 0 Å². The van der Waals surface area contributed by atoms with Crippen molar-refractivity contribution in [2.75, 3.05) is 20.2 Å². The molecule has 2 aliphatic heterocycles. The van der Waals surface area contributed by atoms with Gasteiger partial charge in [-0.1, -0.05) is 67.1 Å². The molecule has 2 atom stereocenters. The van der Waals surface area contributed by atoms with Gasteiger partial charge >= 0.3 is 11.9 Å². The molecule has 1 fully saturated rings. The van der Waals surface area contributed by atoms with Gasteiger partial charge in [-0.3, -0.25) is 4.90 Å². The van der Waals surface area contributed by atoms with Gasteiger partial charge in [0.05, 0.1) is 24.2 Å². The highest BCUT2D eigenvalue weighted by molar-refractivity contribution is 6.31. The number of carbonyl (C=O) groups excluding carboxylic acids is 2. The SMILES string of the molecule is CCC1=C(C(=O)O[C@]2(C)CCN(Cc3ccccc3)C2)[C@@H](c2ccccc2Cl)C(C(=O)OC)=C(C)N1. The first kappa shape index (κ1) is 26.0. The quantitative estimate of drug-likeness (QED) is 0.509. The number of benzene rings is 2. The predicted octanol–water partition coefficient (Wildman–Crippen LogP) is 5.35. The molecule has 0 spiro atoms. The number of halogens is 1. The summed E-state index contributed by atoms with van der Waals surface area (Å²) in [4.78, 5) is 29.1. The molecule has 0 aromatic heterocycles. The molecule has 6 nitrogen and oxygen atoms in total. The van der Waals surface area contributed by atoms with Gasteiger partial charge in [0.15, 0.2) is 0 Å². The van der Waals surface area contributed by atoms with Crippen molar-refractivity contribution in [2.45, 2.75) is 51.7 Å². The monoisotopic (exact) mass is 508 g/mol. The number of hydrogen-bond donors (Lipinski definition) is 1. The Kier molecular flexibility index (Phi) is 7.86. The Morgan fingerprint density at radius 1 is 1.08 bits per heavy atom. The van der Waals surface area contributed by atoms with Crippen molar-refractivity contribution in [1.29, 1.82) is 0 Å². The van der Waals surface area contributed by atoms with Crippen LogP contribution in [0.2, 0.25) is 5.02 Å². The highest BCUT2D eigenvalue weighted by Crippen LogP contribution is 2.43. The number of rotatable bonds is 7. The van der Waals surface area contributed by atoms with E-state index in [1.54, 1.807) is 6.07 Å². The van der Waals surface area contributed by atoms with E-state index in [-0.39, 0.29) is 0 Å². The van der Waals surface area contributed by atoms with Crippen LogP contribution >= 0.6 is 11.6 Å². The maximum atomic E-state index is 13.9. The lowest BCUT2D eigenvalue weighted by Crippen LogP contribution is -2.39. The molecule has 0 bridgehead atoms. The summed E-state index contributed by atoms with van der Waals surface area (Å²) >= 11 is 6.60. The Bertz CT molecular complexity index is 1210. The topological polar surface area (TPSA) is 67.9 Å². The molecule has 2 aromatic rings. The number of nitrogens with zero attached hydrogens (tertiary/aromatic N) is 1. The van der Waals surface area contributed by atoms with Crippen molar-refractivity contribution in [3.8, 4) is 0 Å². The van der Waals surface area contributed by atoms with Crippen LogP contribution in [0.4, 0.5) is 0 Å². The smallest absolute Gasteiger partial charge is 0.337 e. The molecule has 0 unspecified atom stereocenters. The summed E-state index contributed by atoms with van der Waals surface area (Å²) in [5, 5.41) is 3.74. The van der Waals surface area contributed by atoms with Crippen LogP contribution in [-0.4, -0.2) is 42.6 Å². The van der Waals surface area contributed by atoms with Crippen LogP contribution in [0.3, 0.4) is 0 Å². The maximum absolute atomic E-state index is 13.9. The molecule has 1 N–H and O–H groups in total. The molecule has 0 radical (unpaired) electrons. The molecular formula is C29H33ClN2O4. The molecule has 7 heteroatoms. The van der Waals surface area contributed by atoms with Gasteiger partial charge in [0, 0.05) is 42.5 Å². The average molecular weight is 509 g/mol. The lowest BCUT2D eigenvalue weighted by molar-refractivity contribution is -0.152. The molecule has 2 heterocycles. The lowest BCUT2D eigenvalue weighted by Gasteiger charge is -2.33. The summed E-state index contributed by atoms with van der Waals surface area (Å²) in [7, 11) is 1.34. The Morgan fingerprint density at radius 3 is 2.44 bits per heavy atom. The fraction of sp³-hybridized carbons (Fsp3) is 0.379. The highest BCUT2D eigenvalue weighted by atomic mass is 35.5. The summed E-state index contributed by atoms with van der Waals surface area (Å²) in [6.07, 6.45) is 1.29. The lowest BCUT2D eigenvalue weighted by atomic mass is 9.79. The van der Waals surface area contributed by atoms with E-state index in [0.717, 1.165) is 25.2 Å². The largest absolute Gasteiger partial charge is 0.466 e. The number of carbonyl (C=O) groups is 2. The fourth-order valence-corrected chi connectivity index (χ4v) is 5.43. The Morgan fingerprint density at radius 2 is 1.78 bits per heavy atom. The Hall–Kier alpha value is -3.09. The first-order valence-electron chi connectivity index (χ1n) is 12.3. The molecule has 0 saturated carbocycles. The van der Waals surface area contributed by atoms with Gasteiger partial charge < -0.3 is 14.8 Å². The third-order valence-electron chi connectivity index (χ3n) is 6.94. The van der Waals surface area contributed by atoms with E-state index in [4.69, 9.17) is 21.1 Å². The van der Waals surface area contributed by atoms with Crippen LogP contribution < -0.4 is 5.32 Å². The Balaban J connectivity index is 1.65. The molecule has 1 saturated heterocycles. The van der Waals surface area contributed by atoms with Gasteiger partial charge in [-0.2, -0.15) is 0 Å². The molecule has 190 valence electrons. The minimum atomic E-state index is -0.694. The molecule has 2 aromatic carbocycles. The molecule has 4 rings (SSSR count). The number of allylic oxidation sites excluding steroid dienone is 2. The van der Waals surface area contributed by atoms with Crippen molar-refractivity contribution in [2.24, 2.45) is 0 Å². The number of likely N-dealkylation sites (tertiary alicyclic amines) is 1. The third kappa shape index (κ3) is 5.35. The zero-order valence-corrected chi connectivity index (χ0v) is 22.0. The summed E-state index contributed by atoms with van der Waals surface area (Å²) in [6, 6.07) is 17.5. The van der Waals surface area contributed by atoms with Gasteiger partial charge in [-0.05, 0) is 37.5 Å². The first-order valence-corrected chi connectivity index (χ1v) is 12.7. The van der Waals surface area contributed by atoms with Crippen molar-refractivity contribution >= 4 is 23.5 Å². The molecular weight excluding hydrogens is 476 g/mol. The van der Waals surface area contributed by atoms with E-state index in [1.165, 1.54) is 12.7 Å². The third-order valence-corrected chi connectivity index (χ3v) is 7.29. The second-order valence-corrected chi connectivity index (χ2v) is 10.0.